The Morgan fingerprint density at radius 2 is 1.69 bits per heavy atom. The van der Waals surface area contributed by atoms with Crippen LogP contribution in [-0.4, -0.2) is 54.5 Å². The molecule has 4 aromatic rings. The van der Waals surface area contributed by atoms with Gasteiger partial charge >= 0.3 is 5.97 Å². The highest BCUT2D eigenvalue weighted by atomic mass is 16.5. The van der Waals surface area contributed by atoms with Gasteiger partial charge < -0.3 is 24.8 Å². The van der Waals surface area contributed by atoms with E-state index in [-0.39, 0.29) is 25.0 Å². The number of nitrogens with zero attached hydrogens (tertiary/aromatic N) is 2. The minimum absolute atomic E-state index is 0.0118. The average molecular weight is 531 g/mol. The van der Waals surface area contributed by atoms with Crippen LogP contribution in [0.4, 0.5) is 5.69 Å². The quantitative estimate of drug-likeness (QED) is 0.299. The van der Waals surface area contributed by atoms with Gasteiger partial charge in [-0.3, -0.25) is 18.8 Å². The topological polar surface area (TPSA) is 120 Å². The molecule has 0 saturated heterocycles. The van der Waals surface area contributed by atoms with Gasteiger partial charge in [-0.1, -0.05) is 18.2 Å². The van der Waals surface area contributed by atoms with Gasteiger partial charge in [-0.15, -0.1) is 0 Å². The van der Waals surface area contributed by atoms with Gasteiger partial charge in [-0.25, -0.2) is 4.98 Å². The number of amides is 2. The first-order valence-corrected chi connectivity index (χ1v) is 12.3. The van der Waals surface area contributed by atoms with E-state index in [9.17, 15) is 14.4 Å². The molecular formula is C29H30N4O6. The van der Waals surface area contributed by atoms with Crippen molar-refractivity contribution in [3.63, 3.8) is 0 Å². The second-order valence-electron chi connectivity index (χ2n) is 8.91. The minimum Gasteiger partial charge on any atom is -0.493 e. The number of carbonyl (C=O) groups excluding carboxylic acids is 3. The van der Waals surface area contributed by atoms with Gasteiger partial charge in [0.05, 0.1) is 27.0 Å². The van der Waals surface area contributed by atoms with Crippen molar-refractivity contribution in [1.82, 2.24) is 14.7 Å². The number of nitrogens with one attached hydrogen (secondary N) is 2. The second-order valence-corrected chi connectivity index (χ2v) is 8.91. The van der Waals surface area contributed by atoms with Crippen LogP contribution < -0.4 is 20.1 Å². The molecule has 2 aromatic heterocycles. The Kier molecular flexibility index (Phi) is 8.14. The van der Waals surface area contributed by atoms with Crippen molar-refractivity contribution in [2.24, 2.45) is 0 Å². The summed E-state index contributed by atoms with van der Waals surface area (Å²) >= 11 is 0. The fourth-order valence-electron chi connectivity index (χ4n) is 4.13. The predicted octanol–water partition coefficient (Wildman–Crippen LogP) is 3.85. The monoisotopic (exact) mass is 530 g/mol. The lowest BCUT2D eigenvalue weighted by Gasteiger charge is -2.28. The summed E-state index contributed by atoms with van der Waals surface area (Å²) in [5.74, 6) is -0.229. The van der Waals surface area contributed by atoms with Crippen LogP contribution in [0.25, 0.3) is 5.65 Å². The molecule has 2 amide bonds. The molecule has 0 aliphatic rings. The lowest BCUT2D eigenvalue weighted by atomic mass is 9.82. The first-order chi connectivity index (χ1) is 18.8. The van der Waals surface area contributed by atoms with Crippen LogP contribution in [0, 0.1) is 0 Å². The summed E-state index contributed by atoms with van der Waals surface area (Å²) < 4.78 is 17.5. The number of methoxy groups -OCH3 is 2. The zero-order valence-electron chi connectivity index (χ0n) is 22.2. The molecule has 2 N–H and O–H groups in total. The van der Waals surface area contributed by atoms with Crippen molar-refractivity contribution in [3.05, 3.63) is 89.9 Å². The van der Waals surface area contributed by atoms with Crippen LogP contribution in [0.2, 0.25) is 0 Å². The third kappa shape index (κ3) is 5.69. The molecule has 0 fully saturated rings. The summed E-state index contributed by atoms with van der Waals surface area (Å²) in [6, 6.07) is 17.1. The van der Waals surface area contributed by atoms with Crippen molar-refractivity contribution in [2.75, 3.05) is 32.7 Å². The van der Waals surface area contributed by atoms with E-state index in [0.29, 0.717) is 39.7 Å². The third-order valence-corrected chi connectivity index (χ3v) is 6.40. The van der Waals surface area contributed by atoms with E-state index in [2.05, 4.69) is 15.6 Å². The van der Waals surface area contributed by atoms with Crippen molar-refractivity contribution in [2.45, 2.75) is 19.3 Å². The van der Waals surface area contributed by atoms with Crippen LogP contribution in [0.15, 0.2) is 73.1 Å². The number of hydrogen-bond donors (Lipinski definition) is 2. The van der Waals surface area contributed by atoms with Crippen LogP contribution in [0.1, 0.15) is 40.3 Å². The number of anilines is 1. The molecule has 0 bridgehead atoms. The Labute approximate surface area is 225 Å². The van der Waals surface area contributed by atoms with Crippen molar-refractivity contribution >= 4 is 29.1 Å². The molecule has 2 heterocycles. The summed E-state index contributed by atoms with van der Waals surface area (Å²) in [4.78, 5) is 43.1. The van der Waals surface area contributed by atoms with Crippen LogP contribution in [-0.2, 0) is 14.9 Å². The van der Waals surface area contributed by atoms with E-state index in [1.807, 2.05) is 6.07 Å². The molecule has 1 atom stereocenters. The van der Waals surface area contributed by atoms with Crippen LogP contribution >= 0.6 is 0 Å². The molecule has 39 heavy (non-hydrogen) atoms. The molecule has 0 radical (unpaired) electrons. The highest BCUT2D eigenvalue weighted by Gasteiger charge is 2.37. The molecule has 4 rings (SSSR count). The predicted molar refractivity (Wildman–Crippen MR) is 145 cm³/mol. The van der Waals surface area contributed by atoms with E-state index < -0.39 is 11.4 Å². The summed E-state index contributed by atoms with van der Waals surface area (Å²) in [6.07, 6.45) is 3.24. The summed E-state index contributed by atoms with van der Waals surface area (Å²) in [5, 5.41) is 5.69. The molecule has 1 unspecified atom stereocenters. The molecule has 2 aromatic carbocycles. The number of benzene rings is 2. The van der Waals surface area contributed by atoms with E-state index >= 15 is 0 Å². The van der Waals surface area contributed by atoms with Crippen molar-refractivity contribution < 1.29 is 28.6 Å². The van der Waals surface area contributed by atoms with Crippen LogP contribution in [0.5, 0.6) is 11.5 Å². The average Bonchev–Trinajstić information content (AvgIpc) is 3.40. The number of fused-ring (bicyclic) bond motifs is 1. The van der Waals surface area contributed by atoms with E-state index in [4.69, 9.17) is 14.2 Å². The summed E-state index contributed by atoms with van der Waals surface area (Å²) in [5.41, 5.74) is 1.34. The van der Waals surface area contributed by atoms with E-state index in [1.54, 1.807) is 79.0 Å². The van der Waals surface area contributed by atoms with Crippen molar-refractivity contribution in [3.8, 4) is 11.5 Å². The number of ether oxygens (including phenoxy) is 3. The molecule has 10 nitrogen and oxygen atoms in total. The Morgan fingerprint density at radius 3 is 2.38 bits per heavy atom. The summed E-state index contributed by atoms with van der Waals surface area (Å²) in [6.45, 7) is 3.61. The molecule has 202 valence electrons. The number of pyridine rings is 1. The van der Waals surface area contributed by atoms with Gasteiger partial charge in [0.25, 0.3) is 11.8 Å². The zero-order valence-corrected chi connectivity index (χ0v) is 22.2. The zero-order chi connectivity index (χ0) is 28.0. The molecule has 0 saturated carbocycles. The third-order valence-electron chi connectivity index (χ3n) is 6.40. The first kappa shape index (κ1) is 27.2. The van der Waals surface area contributed by atoms with Gasteiger partial charge in [-0.2, -0.15) is 0 Å². The maximum Gasteiger partial charge on any atom is 0.318 e. The lowest BCUT2D eigenvalue weighted by Crippen LogP contribution is -2.45. The van der Waals surface area contributed by atoms with E-state index in [0.717, 1.165) is 0 Å². The van der Waals surface area contributed by atoms with Crippen LogP contribution in [0.3, 0.4) is 0 Å². The minimum atomic E-state index is -1.18. The standard InChI is InChI=1S/C29H30N4O6/c1-5-39-28(36)29(2,18-31-27(35)22-17-30-25-8-6-7-15-33(22)25)20-10-12-21(13-11-20)32-26(34)19-9-14-23(37-3)24(16-19)38-4/h6-17H,5,18H2,1-4H3,(H,31,35)(H,32,34). The number of esters is 1. The Bertz CT molecular complexity index is 1500. The first-order valence-electron chi connectivity index (χ1n) is 12.3. The van der Waals surface area contributed by atoms with E-state index in [1.165, 1.54) is 20.4 Å². The molecule has 0 aliphatic carbocycles. The molecule has 0 spiro atoms. The highest BCUT2D eigenvalue weighted by Crippen LogP contribution is 2.29. The second kappa shape index (κ2) is 11.7. The maximum absolute atomic E-state index is 13.1. The fraction of sp³-hybridized carbons (Fsp3) is 0.241. The fourth-order valence-corrected chi connectivity index (χ4v) is 4.13. The van der Waals surface area contributed by atoms with Gasteiger partial charge in [0, 0.05) is 24.0 Å². The number of carbonyl (C=O) groups is 3. The van der Waals surface area contributed by atoms with Gasteiger partial charge in [-0.05, 0) is 61.9 Å². The number of imidazole rings is 1. The molecular weight excluding hydrogens is 500 g/mol. The lowest BCUT2D eigenvalue weighted by molar-refractivity contribution is -0.149. The summed E-state index contributed by atoms with van der Waals surface area (Å²) in [7, 11) is 3.02. The number of hydrogen-bond acceptors (Lipinski definition) is 7. The Balaban J connectivity index is 1.51. The van der Waals surface area contributed by atoms with Gasteiger partial charge in [0.15, 0.2) is 11.5 Å². The van der Waals surface area contributed by atoms with Crippen molar-refractivity contribution in [1.29, 1.82) is 0 Å². The number of rotatable bonds is 10. The normalized spacial score (nSPS) is 12.3. The molecule has 0 aliphatic heterocycles. The van der Waals surface area contributed by atoms with Gasteiger partial charge in [0.2, 0.25) is 0 Å². The van der Waals surface area contributed by atoms with Gasteiger partial charge in [0.1, 0.15) is 16.8 Å². The maximum atomic E-state index is 13.1. The number of aromatic nitrogens is 2. The Morgan fingerprint density at radius 1 is 0.949 bits per heavy atom. The smallest absolute Gasteiger partial charge is 0.318 e. The SMILES string of the molecule is CCOC(=O)C(C)(CNC(=O)c1cnc2ccccn12)c1ccc(NC(=O)c2ccc(OC)c(OC)c2)cc1. The Hall–Kier alpha value is -4.86. The molecule has 10 heteroatoms. The highest BCUT2D eigenvalue weighted by molar-refractivity contribution is 6.04. The largest absolute Gasteiger partial charge is 0.493 e.